The zero-order chi connectivity index (χ0) is 16.3. The summed E-state index contributed by atoms with van der Waals surface area (Å²) in [7, 11) is -2.16. The monoisotopic (exact) mass is 343 g/mol. The van der Waals surface area contributed by atoms with Crippen molar-refractivity contribution in [3.63, 3.8) is 0 Å². The third-order valence-electron chi connectivity index (χ3n) is 3.47. The van der Waals surface area contributed by atoms with Crippen LogP contribution >= 0.6 is 11.8 Å². The molecule has 0 spiro atoms. The number of nitrogens with zero attached hydrogens (tertiary/aromatic N) is 1. The Morgan fingerprint density at radius 2 is 1.95 bits per heavy atom. The average Bonchev–Trinajstić information content (AvgIpc) is 2.90. The number of hydrogen-bond donors (Lipinski definition) is 0. The lowest BCUT2D eigenvalue weighted by Crippen LogP contribution is -2.44. The quantitative estimate of drug-likeness (QED) is 0.793. The van der Waals surface area contributed by atoms with Crippen LogP contribution in [-0.2, 0) is 14.8 Å². The summed E-state index contributed by atoms with van der Waals surface area (Å²) in [6, 6.07) is 5.72. The zero-order valence-corrected chi connectivity index (χ0v) is 14.6. The van der Waals surface area contributed by atoms with Gasteiger partial charge in [-0.25, -0.2) is 8.42 Å². The van der Waals surface area contributed by atoms with Crippen LogP contribution < -0.4 is 4.74 Å². The molecular formula is C15H21NO4S2. The average molecular weight is 343 g/mol. The molecule has 0 amide bonds. The maximum absolute atomic E-state index is 12.9. The molecule has 1 aromatic carbocycles. The van der Waals surface area contributed by atoms with Crippen LogP contribution in [0.25, 0.3) is 0 Å². The number of rotatable bonds is 6. The van der Waals surface area contributed by atoms with Crippen LogP contribution in [0.4, 0.5) is 0 Å². The van der Waals surface area contributed by atoms with Gasteiger partial charge in [-0.05, 0) is 36.6 Å². The molecule has 2 rings (SSSR count). The Balaban J connectivity index is 2.37. The van der Waals surface area contributed by atoms with Crippen molar-refractivity contribution in [2.45, 2.75) is 31.2 Å². The molecule has 1 saturated heterocycles. The number of carbonyl (C=O) groups excluding carboxylic acids is 1. The predicted octanol–water partition coefficient (Wildman–Crippen LogP) is 2.37. The first kappa shape index (κ1) is 17.3. The summed E-state index contributed by atoms with van der Waals surface area (Å²) in [5.74, 6) is 1.42. The Morgan fingerprint density at radius 1 is 1.32 bits per heavy atom. The second kappa shape index (κ2) is 7.02. The Hall–Kier alpha value is -1.05. The van der Waals surface area contributed by atoms with E-state index < -0.39 is 16.1 Å². The molecule has 0 bridgehead atoms. The SMILES string of the molecule is COc1ccc(S(=O)(=O)N(CC(C)C)[C@@H]2CCSC2=O)cc1. The molecule has 0 saturated carbocycles. The predicted molar refractivity (Wildman–Crippen MR) is 87.6 cm³/mol. The number of hydrogen-bond acceptors (Lipinski definition) is 5. The van der Waals surface area contributed by atoms with Gasteiger partial charge in [0.1, 0.15) is 5.75 Å². The minimum Gasteiger partial charge on any atom is -0.497 e. The fraction of sp³-hybridized carbons (Fsp3) is 0.533. The molecular weight excluding hydrogens is 322 g/mol. The molecule has 0 radical (unpaired) electrons. The van der Waals surface area contributed by atoms with Crippen molar-refractivity contribution in [2.75, 3.05) is 19.4 Å². The van der Waals surface area contributed by atoms with Gasteiger partial charge in [-0.2, -0.15) is 4.31 Å². The number of carbonyl (C=O) groups is 1. The Bertz CT molecular complexity index is 625. The van der Waals surface area contributed by atoms with Crippen LogP contribution in [0, 0.1) is 5.92 Å². The Kier molecular flexibility index (Phi) is 5.52. The van der Waals surface area contributed by atoms with Crippen LogP contribution in [0.2, 0.25) is 0 Å². The first-order chi connectivity index (χ1) is 10.4. The smallest absolute Gasteiger partial charge is 0.243 e. The van der Waals surface area contributed by atoms with Crippen molar-refractivity contribution in [3.05, 3.63) is 24.3 Å². The van der Waals surface area contributed by atoms with E-state index >= 15 is 0 Å². The highest BCUT2D eigenvalue weighted by Gasteiger charge is 2.39. The number of methoxy groups -OCH3 is 1. The number of ether oxygens (including phenoxy) is 1. The summed E-state index contributed by atoms with van der Waals surface area (Å²) in [6.45, 7) is 4.23. The van der Waals surface area contributed by atoms with Crippen LogP contribution in [0.15, 0.2) is 29.2 Å². The molecule has 1 fully saturated rings. The van der Waals surface area contributed by atoms with Crippen molar-refractivity contribution in [1.82, 2.24) is 4.31 Å². The lowest BCUT2D eigenvalue weighted by molar-refractivity contribution is -0.113. The van der Waals surface area contributed by atoms with E-state index in [2.05, 4.69) is 0 Å². The first-order valence-electron chi connectivity index (χ1n) is 7.18. The minimum atomic E-state index is -3.69. The summed E-state index contributed by atoms with van der Waals surface area (Å²) in [5, 5.41) is -0.0577. The van der Waals surface area contributed by atoms with E-state index in [0.717, 1.165) is 0 Å². The third kappa shape index (κ3) is 3.64. The van der Waals surface area contributed by atoms with Gasteiger partial charge in [0.25, 0.3) is 0 Å². The summed E-state index contributed by atoms with van der Waals surface area (Å²) in [4.78, 5) is 12.2. The summed E-state index contributed by atoms with van der Waals surface area (Å²) < 4.78 is 32.3. The first-order valence-corrected chi connectivity index (χ1v) is 9.61. The van der Waals surface area contributed by atoms with Gasteiger partial charge in [-0.3, -0.25) is 4.79 Å². The molecule has 0 unspecified atom stereocenters. The highest BCUT2D eigenvalue weighted by Crippen LogP contribution is 2.30. The van der Waals surface area contributed by atoms with Gasteiger partial charge in [0.05, 0.1) is 18.0 Å². The largest absolute Gasteiger partial charge is 0.497 e. The molecule has 1 heterocycles. The topological polar surface area (TPSA) is 63.7 Å². The second-order valence-electron chi connectivity index (χ2n) is 5.62. The molecule has 1 aliphatic rings. The molecule has 1 aromatic rings. The lowest BCUT2D eigenvalue weighted by Gasteiger charge is -2.28. The maximum atomic E-state index is 12.9. The highest BCUT2D eigenvalue weighted by molar-refractivity contribution is 8.14. The fourth-order valence-electron chi connectivity index (χ4n) is 2.38. The molecule has 5 nitrogen and oxygen atoms in total. The van der Waals surface area contributed by atoms with E-state index in [-0.39, 0.29) is 15.9 Å². The van der Waals surface area contributed by atoms with Crippen molar-refractivity contribution in [1.29, 1.82) is 0 Å². The molecule has 7 heteroatoms. The standard InChI is InChI=1S/C15H21NO4S2/c1-11(2)10-16(14-8-9-21-15(14)17)22(18,19)13-6-4-12(20-3)5-7-13/h4-7,11,14H,8-10H2,1-3H3/t14-/m1/s1. The van der Waals surface area contributed by atoms with Gasteiger partial charge in [0, 0.05) is 12.3 Å². The minimum absolute atomic E-state index is 0.0577. The van der Waals surface area contributed by atoms with Gasteiger partial charge in [-0.1, -0.05) is 25.6 Å². The van der Waals surface area contributed by atoms with E-state index in [4.69, 9.17) is 4.74 Å². The van der Waals surface area contributed by atoms with Gasteiger partial charge >= 0.3 is 0 Å². The van der Waals surface area contributed by atoms with E-state index in [9.17, 15) is 13.2 Å². The van der Waals surface area contributed by atoms with Gasteiger partial charge in [-0.15, -0.1) is 0 Å². The second-order valence-corrected chi connectivity index (χ2v) is 8.61. The Morgan fingerprint density at radius 3 is 2.41 bits per heavy atom. The van der Waals surface area contributed by atoms with Gasteiger partial charge in [0.2, 0.25) is 15.1 Å². The van der Waals surface area contributed by atoms with Crippen LogP contribution in [0.3, 0.4) is 0 Å². The van der Waals surface area contributed by atoms with Crippen molar-refractivity contribution < 1.29 is 17.9 Å². The van der Waals surface area contributed by atoms with E-state index in [1.54, 1.807) is 12.1 Å². The number of sulfonamides is 1. The molecule has 0 N–H and O–H groups in total. The van der Waals surface area contributed by atoms with Crippen molar-refractivity contribution in [3.8, 4) is 5.75 Å². The summed E-state index contributed by atoms with van der Waals surface area (Å²) >= 11 is 1.21. The lowest BCUT2D eigenvalue weighted by atomic mass is 10.2. The third-order valence-corrected chi connectivity index (χ3v) is 6.35. The fourth-order valence-corrected chi connectivity index (χ4v) is 5.21. The summed E-state index contributed by atoms with van der Waals surface area (Å²) in [5.41, 5.74) is 0. The molecule has 0 aliphatic carbocycles. The normalized spacial score (nSPS) is 19.1. The maximum Gasteiger partial charge on any atom is 0.243 e. The zero-order valence-electron chi connectivity index (χ0n) is 13.0. The summed E-state index contributed by atoms with van der Waals surface area (Å²) in [6.07, 6.45) is 0.575. The van der Waals surface area contributed by atoms with E-state index in [0.29, 0.717) is 24.5 Å². The molecule has 1 atom stereocenters. The molecule has 1 aliphatic heterocycles. The van der Waals surface area contributed by atoms with Crippen LogP contribution in [0.1, 0.15) is 20.3 Å². The van der Waals surface area contributed by atoms with Crippen molar-refractivity contribution in [2.24, 2.45) is 5.92 Å². The van der Waals surface area contributed by atoms with Gasteiger partial charge < -0.3 is 4.74 Å². The van der Waals surface area contributed by atoms with E-state index in [1.807, 2.05) is 13.8 Å². The van der Waals surface area contributed by atoms with Crippen LogP contribution in [0.5, 0.6) is 5.75 Å². The Labute approximate surface area is 136 Å². The molecule has 0 aromatic heterocycles. The molecule has 22 heavy (non-hydrogen) atoms. The van der Waals surface area contributed by atoms with Crippen LogP contribution in [-0.4, -0.2) is 43.3 Å². The van der Waals surface area contributed by atoms with Crippen molar-refractivity contribution >= 4 is 26.9 Å². The molecule has 122 valence electrons. The number of thioether (sulfide) groups is 1. The van der Waals surface area contributed by atoms with Gasteiger partial charge in [0.15, 0.2) is 0 Å². The van der Waals surface area contributed by atoms with E-state index in [1.165, 1.54) is 35.3 Å². The highest BCUT2D eigenvalue weighted by atomic mass is 32.2. The number of benzene rings is 1.